The zero-order valence-corrected chi connectivity index (χ0v) is 22.8. The first-order chi connectivity index (χ1) is 18.2. The quantitative estimate of drug-likeness (QED) is 0.464. The summed E-state index contributed by atoms with van der Waals surface area (Å²) in [5, 5.41) is 11.3. The van der Waals surface area contributed by atoms with Crippen LogP contribution >= 0.6 is 0 Å². The standard InChI is InChI=1S/C27H37N5O5S/c1-19-17-32(14-15-37-19)25-5-3-4-24(28-25)29-26(34)22-7-6-21(30-38(35,36)20(2)18-33)16-23(22)31-12-10-27(8-9-27)11-13-31/h3-7,16,19-20,30,33H,8-15,17-18H2,1-2H3,(H,28,29,34)/t19-,20+/m0/s1. The van der Waals surface area contributed by atoms with Crippen molar-refractivity contribution >= 4 is 38.9 Å². The molecule has 3 N–H and O–H groups in total. The Morgan fingerprint density at radius 3 is 2.61 bits per heavy atom. The number of hydrogen-bond acceptors (Lipinski definition) is 8. The summed E-state index contributed by atoms with van der Waals surface area (Å²) in [4.78, 5) is 22.5. The van der Waals surface area contributed by atoms with Crippen molar-refractivity contribution in [1.29, 1.82) is 0 Å². The van der Waals surface area contributed by atoms with Crippen molar-refractivity contribution in [2.75, 3.05) is 59.2 Å². The number of aromatic nitrogens is 1. The molecule has 206 valence electrons. The van der Waals surface area contributed by atoms with Gasteiger partial charge in [-0.05, 0) is 75.3 Å². The minimum atomic E-state index is -3.76. The number of pyridine rings is 1. The Morgan fingerprint density at radius 2 is 1.92 bits per heavy atom. The number of aliphatic hydroxyl groups excluding tert-OH is 1. The molecule has 1 spiro atoms. The van der Waals surface area contributed by atoms with Crippen molar-refractivity contribution in [3.05, 3.63) is 42.0 Å². The molecule has 1 aliphatic carbocycles. The third-order valence-electron chi connectivity index (χ3n) is 7.95. The number of aliphatic hydroxyl groups is 1. The highest BCUT2D eigenvalue weighted by atomic mass is 32.2. The number of nitrogens with zero attached hydrogens (tertiary/aromatic N) is 3. The molecule has 1 aromatic carbocycles. The molecule has 11 heteroatoms. The van der Waals surface area contributed by atoms with E-state index in [4.69, 9.17) is 4.74 Å². The maximum Gasteiger partial charge on any atom is 0.258 e. The molecule has 2 aliphatic heterocycles. The fraction of sp³-hybridized carbons (Fsp3) is 0.556. The maximum absolute atomic E-state index is 13.5. The van der Waals surface area contributed by atoms with E-state index in [1.54, 1.807) is 24.3 Å². The summed E-state index contributed by atoms with van der Waals surface area (Å²) in [5.74, 6) is 0.936. The van der Waals surface area contributed by atoms with E-state index in [-0.39, 0.29) is 12.0 Å². The first-order valence-electron chi connectivity index (χ1n) is 13.3. The highest BCUT2D eigenvalue weighted by Crippen LogP contribution is 2.54. The van der Waals surface area contributed by atoms with Crippen molar-refractivity contribution < 1.29 is 23.1 Å². The van der Waals surface area contributed by atoms with Crippen LogP contribution in [0.15, 0.2) is 36.4 Å². The topological polar surface area (TPSA) is 124 Å². The number of ether oxygens (including phenoxy) is 1. The lowest BCUT2D eigenvalue weighted by atomic mass is 9.93. The van der Waals surface area contributed by atoms with Crippen LogP contribution < -0.4 is 19.8 Å². The van der Waals surface area contributed by atoms with Crippen molar-refractivity contribution in [2.45, 2.75) is 50.9 Å². The van der Waals surface area contributed by atoms with Gasteiger partial charge < -0.3 is 25.0 Å². The summed E-state index contributed by atoms with van der Waals surface area (Å²) in [6.07, 6.45) is 4.76. The van der Waals surface area contributed by atoms with Gasteiger partial charge in [0, 0.05) is 26.2 Å². The Hall–Kier alpha value is -2.89. The molecule has 3 aliphatic rings. The summed E-state index contributed by atoms with van der Waals surface area (Å²) in [6, 6.07) is 10.5. The lowest BCUT2D eigenvalue weighted by Gasteiger charge is -2.35. The summed E-state index contributed by atoms with van der Waals surface area (Å²) >= 11 is 0. The highest BCUT2D eigenvalue weighted by Gasteiger charge is 2.44. The molecule has 10 nitrogen and oxygen atoms in total. The third-order valence-corrected chi connectivity index (χ3v) is 9.68. The number of amides is 1. The molecule has 1 saturated carbocycles. The van der Waals surface area contributed by atoms with Gasteiger partial charge in [-0.25, -0.2) is 13.4 Å². The Morgan fingerprint density at radius 1 is 1.16 bits per heavy atom. The van der Waals surface area contributed by atoms with E-state index in [2.05, 4.69) is 24.8 Å². The molecule has 2 atom stereocenters. The number of carbonyl (C=O) groups is 1. The zero-order valence-electron chi connectivity index (χ0n) is 22.0. The fourth-order valence-corrected chi connectivity index (χ4v) is 6.04. The molecule has 1 amide bonds. The molecule has 0 radical (unpaired) electrons. The number of anilines is 4. The molecule has 2 aromatic rings. The average molecular weight is 544 g/mol. The second-order valence-electron chi connectivity index (χ2n) is 10.8. The van der Waals surface area contributed by atoms with Crippen LogP contribution in [-0.2, 0) is 14.8 Å². The summed E-state index contributed by atoms with van der Waals surface area (Å²) < 4.78 is 33.3. The number of hydrogen-bond donors (Lipinski definition) is 3. The monoisotopic (exact) mass is 543 g/mol. The normalized spacial score (nSPS) is 21.7. The molecule has 38 heavy (non-hydrogen) atoms. The van der Waals surface area contributed by atoms with Crippen LogP contribution in [0.3, 0.4) is 0 Å². The second-order valence-corrected chi connectivity index (χ2v) is 12.9. The number of nitrogens with one attached hydrogen (secondary N) is 2. The van der Waals surface area contributed by atoms with Gasteiger partial charge in [0.1, 0.15) is 16.9 Å². The van der Waals surface area contributed by atoms with Crippen LogP contribution in [-0.4, -0.2) is 75.2 Å². The summed E-state index contributed by atoms with van der Waals surface area (Å²) in [5.41, 5.74) is 1.97. The molecule has 3 fully saturated rings. The van der Waals surface area contributed by atoms with E-state index in [1.807, 2.05) is 19.1 Å². The summed E-state index contributed by atoms with van der Waals surface area (Å²) in [7, 11) is -3.76. The Balaban J connectivity index is 1.39. The van der Waals surface area contributed by atoms with Gasteiger partial charge in [-0.1, -0.05) is 6.07 Å². The van der Waals surface area contributed by atoms with Crippen molar-refractivity contribution in [2.24, 2.45) is 5.41 Å². The van der Waals surface area contributed by atoms with E-state index in [9.17, 15) is 18.3 Å². The number of piperidine rings is 1. The van der Waals surface area contributed by atoms with Gasteiger partial charge in [0.05, 0.1) is 36.3 Å². The van der Waals surface area contributed by atoms with Gasteiger partial charge in [-0.15, -0.1) is 0 Å². The predicted molar refractivity (Wildman–Crippen MR) is 148 cm³/mol. The molecule has 2 saturated heterocycles. The second kappa shape index (κ2) is 10.7. The van der Waals surface area contributed by atoms with E-state index in [0.29, 0.717) is 34.8 Å². The van der Waals surface area contributed by atoms with Crippen molar-refractivity contribution in [1.82, 2.24) is 4.98 Å². The van der Waals surface area contributed by atoms with E-state index in [1.165, 1.54) is 19.8 Å². The zero-order chi connectivity index (χ0) is 26.9. The molecular weight excluding hydrogens is 506 g/mol. The van der Waals surface area contributed by atoms with Crippen LogP contribution in [0.5, 0.6) is 0 Å². The minimum Gasteiger partial charge on any atom is -0.395 e. The Kier molecular flexibility index (Phi) is 7.52. The highest BCUT2D eigenvalue weighted by molar-refractivity contribution is 7.93. The van der Waals surface area contributed by atoms with Crippen LogP contribution in [0.1, 0.15) is 49.9 Å². The molecular formula is C27H37N5O5S. The number of carbonyl (C=O) groups excluding carboxylic acids is 1. The van der Waals surface area contributed by atoms with Crippen molar-refractivity contribution in [3.8, 4) is 0 Å². The summed E-state index contributed by atoms with van der Waals surface area (Å²) in [6.45, 7) is 6.72. The van der Waals surface area contributed by atoms with Gasteiger partial charge in [0.15, 0.2) is 0 Å². The first-order valence-corrected chi connectivity index (χ1v) is 14.9. The van der Waals surface area contributed by atoms with Crippen molar-refractivity contribution in [3.63, 3.8) is 0 Å². The number of morpholine rings is 1. The van der Waals surface area contributed by atoms with E-state index >= 15 is 0 Å². The molecule has 0 bridgehead atoms. The third kappa shape index (κ3) is 5.89. The van der Waals surface area contributed by atoms with Gasteiger partial charge in [-0.2, -0.15) is 0 Å². The molecule has 1 aromatic heterocycles. The van der Waals surface area contributed by atoms with E-state index < -0.39 is 21.9 Å². The molecule has 0 unspecified atom stereocenters. The smallest absolute Gasteiger partial charge is 0.258 e. The van der Waals surface area contributed by atoms with E-state index in [0.717, 1.165) is 44.8 Å². The lowest BCUT2D eigenvalue weighted by molar-refractivity contribution is 0.0529. The van der Waals surface area contributed by atoms with Gasteiger partial charge in [-0.3, -0.25) is 9.52 Å². The molecule has 5 rings (SSSR count). The van der Waals surface area contributed by atoms with Gasteiger partial charge >= 0.3 is 0 Å². The van der Waals surface area contributed by atoms with Gasteiger partial charge in [0.25, 0.3) is 5.91 Å². The van der Waals surface area contributed by atoms with Crippen LogP contribution in [0.25, 0.3) is 0 Å². The van der Waals surface area contributed by atoms with Gasteiger partial charge in [0.2, 0.25) is 10.0 Å². The Bertz CT molecular complexity index is 1270. The largest absolute Gasteiger partial charge is 0.395 e. The SMILES string of the molecule is C[C@H](CO)S(=O)(=O)Nc1ccc(C(=O)Nc2cccc(N3CCO[C@@H](C)C3)n2)c(N2CCC3(CC2)CC3)c1. The first kappa shape index (κ1) is 26.7. The predicted octanol–water partition coefficient (Wildman–Crippen LogP) is 3.06. The average Bonchev–Trinajstić information content (AvgIpc) is 3.67. The van der Waals surface area contributed by atoms with Crippen LogP contribution in [0.2, 0.25) is 0 Å². The number of sulfonamides is 1. The maximum atomic E-state index is 13.5. The lowest BCUT2D eigenvalue weighted by Crippen LogP contribution is -2.41. The Labute approximate surface area is 224 Å². The van der Waals surface area contributed by atoms with Crippen LogP contribution in [0, 0.1) is 5.41 Å². The van der Waals surface area contributed by atoms with Crippen LogP contribution in [0.4, 0.5) is 23.0 Å². The molecule has 3 heterocycles. The fourth-order valence-electron chi connectivity index (χ4n) is 5.19. The minimum absolute atomic E-state index is 0.113. The number of rotatable bonds is 8. The number of benzene rings is 1.